The molecule has 1 saturated heterocycles. The van der Waals surface area contributed by atoms with E-state index in [0.29, 0.717) is 19.2 Å². The average molecular weight is 468 g/mol. The molecule has 0 radical (unpaired) electrons. The lowest BCUT2D eigenvalue weighted by molar-refractivity contribution is 0.443. The highest BCUT2D eigenvalue weighted by Gasteiger charge is 2.31. The monoisotopic (exact) mass is 467 g/mol. The molecular formula is C19H17BrF3N5O. The second kappa shape index (κ2) is 7.03. The fourth-order valence-electron chi connectivity index (χ4n) is 3.48. The molecule has 4 rings (SSSR count). The molecule has 152 valence electrons. The minimum atomic E-state index is -0.988. The standard InChI is InChI=1S/C19H17BrF3N5O/c1-8-5-28(19-13(23)4-12(22)18(24)26-19)15-10(17(8)29)3-11(21)16(14(15)20)27-6-9(7-27)25-2/h3-5,9,25H,6-7H2,1-2H3,(H2,24,26). The van der Waals surface area contributed by atoms with Crippen molar-refractivity contribution in [1.82, 2.24) is 14.9 Å². The number of nitrogens with two attached hydrogens (primary N) is 1. The third-order valence-electron chi connectivity index (χ3n) is 5.11. The van der Waals surface area contributed by atoms with Gasteiger partial charge in [0.15, 0.2) is 28.7 Å². The molecule has 1 aliphatic rings. The van der Waals surface area contributed by atoms with Crippen molar-refractivity contribution in [3.05, 3.63) is 56.0 Å². The highest BCUT2D eigenvalue weighted by Crippen LogP contribution is 2.38. The van der Waals surface area contributed by atoms with Crippen LogP contribution in [0.1, 0.15) is 5.56 Å². The van der Waals surface area contributed by atoms with Gasteiger partial charge in [-0.3, -0.25) is 9.36 Å². The maximum absolute atomic E-state index is 14.9. The molecule has 0 atom stereocenters. The van der Waals surface area contributed by atoms with Gasteiger partial charge < -0.3 is 16.0 Å². The van der Waals surface area contributed by atoms with Gasteiger partial charge in [0.1, 0.15) is 5.82 Å². The van der Waals surface area contributed by atoms with E-state index >= 15 is 0 Å². The summed E-state index contributed by atoms with van der Waals surface area (Å²) in [5, 5.41) is 3.16. The second-order valence-electron chi connectivity index (χ2n) is 6.98. The Hall–Kier alpha value is -2.59. The van der Waals surface area contributed by atoms with E-state index < -0.39 is 28.7 Å². The summed E-state index contributed by atoms with van der Waals surface area (Å²) in [6.45, 7) is 2.67. The van der Waals surface area contributed by atoms with Crippen molar-refractivity contribution in [3.63, 3.8) is 0 Å². The van der Waals surface area contributed by atoms with Crippen molar-refractivity contribution in [2.24, 2.45) is 0 Å². The molecule has 1 fully saturated rings. The van der Waals surface area contributed by atoms with E-state index in [0.717, 1.165) is 6.07 Å². The lowest BCUT2D eigenvalue weighted by Crippen LogP contribution is -2.57. The maximum Gasteiger partial charge on any atom is 0.192 e. The fraction of sp³-hybridized carbons (Fsp3) is 0.263. The summed E-state index contributed by atoms with van der Waals surface area (Å²) >= 11 is 3.40. The summed E-state index contributed by atoms with van der Waals surface area (Å²) in [7, 11) is 1.82. The molecular weight excluding hydrogens is 451 g/mol. The zero-order valence-corrected chi connectivity index (χ0v) is 17.1. The molecule has 0 unspecified atom stereocenters. The van der Waals surface area contributed by atoms with Crippen molar-refractivity contribution in [2.45, 2.75) is 13.0 Å². The number of pyridine rings is 2. The molecule has 0 amide bonds. The van der Waals surface area contributed by atoms with Gasteiger partial charge in [-0.05, 0) is 36.0 Å². The summed E-state index contributed by atoms with van der Waals surface area (Å²) < 4.78 is 44.7. The molecule has 3 aromatic rings. The number of likely N-dealkylation sites (N-methyl/N-ethyl adjacent to an activating group) is 1. The summed E-state index contributed by atoms with van der Waals surface area (Å²) in [4.78, 5) is 18.3. The van der Waals surface area contributed by atoms with Crippen LogP contribution in [0.5, 0.6) is 0 Å². The van der Waals surface area contributed by atoms with Gasteiger partial charge >= 0.3 is 0 Å². The predicted octanol–water partition coefficient (Wildman–Crippen LogP) is 2.86. The number of nitrogens with zero attached hydrogens (tertiary/aromatic N) is 3. The Morgan fingerprint density at radius 3 is 2.55 bits per heavy atom. The van der Waals surface area contributed by atoms with Crippen LogP contribution in [0.15, 0.2) is 27.6 Å². The van der Waals surface area contributed by atoms with E-state index in [1.165, 1.54) is 17.7 Å². The van der Waals surface area contributed by atoms with E-state index in [1.54, 1.807) is 4.90 Å². The van der Waals surface area contributed by atoms with Gasteiger partial charge in [0.2, 0.25) is 0 Å². The second-order valence-corrected chi connectivity index (χ2v) is 7.77. The van der Waals surface area contributed by atoms with Crippen molar-refractivity contribution < 1.29 is 13.2 Å². The lowest BCUT2D eigenvalue weighted by atomic mass is 10.1. The van der Waals surface area contributed by atoms with Gasteiger partial charge in [0.05, 0.1) is 21.1 Å². The van der Waals surface area contributed by atoms with Crippen molar-refractivity contribution in [2.75, 3.05) is 30.8 Å². The third kappa shape index (κ3) is 3.06. The van der Waals surface area contributed by atoms with Crippen molar-refractivity contribution in [1.29, 1.82) is 0 Å². The molecule has 0 aliphatic carbocycles. The summed E-state index contributed by atoms with van der Waals surface area (Å²) in [6.07, 6.45) is 1.38. The first-order valence-electron chi connectivity index (χ1n) is 8.81. The van der Waals surface area contributed by atoms with E-state index in [1.807, 2.05) is 7.05 Å². The number of aromatic nitrogens is 2. The van der Waals surface area contributed by atoms with Crippen molar-refractivity contribution >= 4 is 38.3 Å². The molecule has 0 saturated carbocycles. The van der Waals surface area contributed by atoms with Crippen LogP contribution in [0.3, 0.4) is 0 Å². The summed E-state index contributed by atoms with van der Waals surface area (Å²) in [6, 6.07) is 1.98. The van der Waals surface area contributed by atoms with Crippen LogP contribution in [-0.4, -0.2) is 35.7 Å². The SMILES string of the molecule is CNC1CN(c2c(F)cc3c(=O)c(C)cn(-c4nc(N)c(F)cc4F)c3c2Br)C1. The number of hydrogen-bond acceptors (Lipinski definition) is 5. The van der Waals surface area contributed by atoms with Gasteiger partial charge in [0.25, 0.3) is 0 Å². The zero-order chi connectivity index (χ0) is 21.0. The van der Waals surface area contributed by atoms with Gasteiger partial charge in [-0.15, -0.1) is 0 Å². The van der Waals surface area contributed by atoms with Gasteiger partial charge in [0, 0.05) is 37.0 Å². The van der Waals surface area contributed by atoms with Crippen LogP contribution < -0.4 is 21.4 Å². The maximum atomic E-state index is 14.9. The van der Waals surface area contributed by atoms with Gasteiger partial charge in [-0.1, -0.05) is 0 Å². The quantitative estimate of drug-likeness (QED) is 0.619. The topological polar surface area (TPSA) is 76.2 Å². The molecule has 2 aromatic heterocycles. The number of hydrogen-bond donors (Lipinski definition) is 2. The lowest BCUT2D eigenvalue weighted by Gasteiger charge is -2.41. The number of fused-ring (bicyclic) bond motifs is 1. The molecule has 1 aliphatic heterocycles. The van der Waals surface area contributed by atoms with E-state index in [4.69, 9.17) is 5.73 Å². The van der Waals surface area contributed by atoms with Gasteiger partial charge in [-0.25, -0.2) is 18.2 Å². The Balaban J connectivity index is 2.04. The predicted molar refractivity (Wildman–Crippen MR) is 109 cm³/mol. The number of nitrogens with one attached hydrogen (secondary N) is 1. The Labute approximate surface area is 172 Å². The van der Waals surface area contributed by atoms with Gasteiger partial charge in [-0.2, -0.15) is 0 Å². The summed E-state index contributed by atoms with van der Waals surface area (Å²) in [5.74, 6) is -3.29. The number of nitrogen functional groups attached to an aromatic ring is 1. The molecule has 0 bridgehead atoms. The Kier molecular flexibility index (Phi) is 4.78. The number of halogens is 4. The Bertz CT molecular complexity index is 1210. The zero-order valence-electron chi connectivity index (χ0n) is 15.6. The molecule has 3 heterocycles. The van der Waals surface area contributed by atoms with E-state index in [-0.39, 0.29) is 38.5 Å². The third-order valence-corrected chi connectivity index (χ3v) is 5.86. The Morgan fingerprint density at radius 2 is 1.90 bits per heavy atom. The minimum absolute atomic E-state index is 0.0490. The fourth-order valence-corrected chi connectivity index (χ4v) is 4.32. The van der Waals surface area contributed by atoms with E-state index in [2.05, 4.69) is 26.2 Å². The van der Waals surface area contributed by atoms with Crippen LogP contribution >= 0.6 is 15.9 Å². The van der Waals surface area contributed by atoms with Crippen LogP contribution in [0.2, 0.25) is 0 Å². The van der Waals surface area contributed by atoms with Crippen LogP contribution in [0, 0.1) is 24.4 Å². The normalized spacial score (nSPS) is 14.5. The van der Waals surface area contributed by atoms with E-state index in [9.17, 15) is 18.0 Å². The van der Waals surface area contributed by atoms with Crippen LogP contribution in [0.25, 0.3) is 16.7 Å². The average Bonchev–Trinajstić information content (AvgIpc) is 2.63. The smallest absolute Gasteiger partial charge is 0.192 e. The van der Waals surface area contributed by atoms with Crippen LogP contribution in [-0.2, 0) is 0 Å². The highest BCUT2D eigenvalue weighted by atomic mass is 79.9. The number of aryl methyl sites for hydroxylation is 1. The van der Waals surface area contributed by atoms with Crippen molar-refractivity contribution in [3.8, 4) is 5.82 Å². The minimum Gasteiger partial charge on any atom is -0.381 e. The highest BCUT2D eigenvalue weighted by molar-refractivity contribution is 9.10. The molecule has 1 aromatic carbocycles. The largest absolute Gasteiger partial charge is 0.381 e. The summed E-state index contributed by atoms with van der Waals surface area (Å²) in [5.41, 5.74) is 5.87. The van der Waals surface area contributed by atoms with Crippen LogP contribution in [0.4, 0.5) is 24.7 Å². The molecule has 6 nitrogen and oxygen atoms in total. The molecule has 0 spiro atoms. The first-order chi connectivity index (χ1) is 13.7. The number of rotatable bonds is 3. The number of benzene rings is 1. The molecule has 10 heteroatoms. The first kappa shape index (κ1) is 19.7. The first-order valence-corrected chi connectivity index (χ1v) is 9.60. The Morgan fingerprint density at radius 1 is 1.21 bits per heavy atom. The number of anilines is 2. The molecule has 29 heavy (non-hydrogen) atoms. The molecule has 3 N–H and O–H groups in total.